The van der Waals surface area contributed by atoms with Crippen molar-refractivity contribution in [2.75, 3.05) is 6.54 Å². The van der Waals surface area contributed by atoms with E-state index in [1.54, 1.807) is 0 Å². The van der Waals surface area contributed by atoms with Crippen LogP contribution in [0.15, 0.2) is 0 Å². The van der Waals surface area contributed by atoms with Crippen LogP contribution in [0.25, 0.3) is 0 Å². The van der Waals surface area contributed by atoms with E-state index in [2.05, 4.69) is 29.5 Å². The molecule has 0 bridgehead atoms. The molecule has 1 aromatic heterocycles. The summed E-state index contributed by atoms with van der Waals surface area (Å²) in [5.41, 5.74) is 2.46. The molecule has 0 saturated heterocycles. The van der Waals surface area contributed by atoms with Crippen LogP contribution in [0.5, 0.6) is 0 Å². The third kappa shape index (κ3) is 1.72. The maximum atomic E-state index is 4.18. The Kier molecular flexibility index (Phi) is 2.31. The van der Waals surface area contributed by atoms with Crippen LogP contribution in [0.4, 0.5) is 0 Å². The first-order valence-corrected chi connectivity index (χ1v) is 4.89. The number of hydrogen-bond acceptors (Lipinski definition) is 3. The Balaban J connectivity index is 2.21. The molecule has 0 radical (unpaired) electrons. The van der Waals surface area contributed by atoms with E-state index in [-0.39, 0.29) is 0 Å². The molecule has 1 N–H and O–H groups in total. The minimum Gasteiger partial charge on any atom is -0.311 e. The number of rotatable bonds is 2. The molecule has 0 amide bonds. The number of fused-ring (bicyclic) bond motifs is 1. The fraction of sp³-hybridized carbons (Fsp3) is 0.778. The van der Waals surface area contributed by atoms with Gasteiger partial charge in [-0.05, 0) is 5.92 Å². The normalized spacial score (nSPS) is 16.2. The zero-order valence-electron chi connectivity index (χ0n) is 8.25. The minimum absolute atomic E-state index is 0.632. The lowest BCUT2D eigenvalue weighted by molar-refractivity contribution is 0.450. The van der Waals surface area contributed by atoms with E-state index >= 15 is 0 Å². The molecule has 0 aliphatic carbocycles. The highest BCUT2D eigenvalue weighted by atomic mass is 15.4. The van der Waals surface area contributed by atoms with Crippen LogP contribution in [-0.2, 0) is 19.5 Å². The van der Waals surface area contributed by atoms with Crippen LogP contribution in [-0.4, -0.2) is 21.5 Å². The van der Waals surface area contributed by atoms with E-state index in [1.165, 1.54) is 11.4 Å². The van der Waals surface area contributed by atoms with Crippen LogP contribution in [0.2, 0.25) is 0 Å². The lowest BCUT2D eigenvalue weighted by Crippen LogP contribution is -2.26. The van der Waals surface area contributed by atoms with Gasteiger partial charge in [0.2, 0.25) is 0 Å². The first-order valence-electron chi connectivity index (χ1n) is 4.89. The quantitative estimate of drug-likeness (QED) is 0.724. The summed E-state index contributed by atoms with van der Waals surface area (Å²) < 4.78 is 2.03. The molecule has 4 heteroatoms. The van der Waals surface area contributed by atoms with Crippen molar-refractivity contribution in [3.05, 3.63) is 11.4 Å². The van der Waals surface area contributed by atoms with Crippen molar-refractivity contribution in [3.63, 3.8) is 0 Å². The predicted octanol–water partition coefficient (Wildman–Crippen LogP) is 0.580. The summed E-state index contributed by atoms with van der Waals surface area (Å²) in [4.78, 5) is 0. The van der Waals surface area contributed by atoms with Gasteiger partial charge in [-0.2, -0.15) is 0 Å². The smallest absolute Gasteiger partial charge is 0.0885 e. The Morgan fingerprint density at radius 2 is 2.38 bits per heavy atom. The van der Waals surface area contributed by atoms with Gasteiger partial charge in [0.05, 0.1) is 11.4 Å². The number of nitrogens with one attached hydrogen (secondary N) is 1. The summed E-state index contributed by atoms with van der Waals surface area (Å²) in [7, 11) is 0. The van der Waals surface area contributed by atoms with Gasteiger partial charge in [0, 0.05) is 26.1 Å². The van der Waals surface area contributed by atoms with Gasteiger partial charge in [-0.15, -0.1) is 5.10 Å². The van der Waals surface area contributed by atoms with E-state index in [0.717, 1.165) is 26.1 Å². The molecule has 0 aromatic carbocycles. The first-order chi connectivity index (χ1) is 6.27. The first kappa shape index (κ1) is 8.69. The van der Waals surface area contributed by atoms with Crippen LogP contribution >= 0.6 is 0 Å². The van der Waals surface area contributed by atoms with Crippen molar-refractivity contribution in [3.8, 4) is 0 Å². The molecular weight excluding hydrogens is 164 g/mol. The zero-order valence-corrected chi connectivity index (χ0v) is 8.25. The lowest BCUT2D eigenvalue weighted by Gasteiger charge is -2.14. The standard InChI is InChI=1S/C9H16N4/c1-7(2)6-13-9-5-10-4-3-8(9)11-12-13/h7,10H,3-6H2,1-2H3. The molecule has 0 saturated carbocycles. The van der Waals surface area contributed by atoms with Crippen LogP contribution in [0.3, 0.4) is 0 Å². The van der Waals surface area contributed by atoms with Gasteiger partial charge in [-0.1, -0.05) is 19.1 Å². The summed E-state index contributed by atoms with van der Waals surface area (Å²) in [6.45, 7) is 7.33. The molecule has 0 fully saturated rings. The second-order valence-corrected chi connectivity index (χ2v) is 3.99. The molecular formula is C9H16N4. The highest BCUT2D eigenvalue weighted by Gasteiger charge is 2.16. The van der Waals surface area contributed by atoms with E-state index in [9.17, 15) is 0 Å². The summed E-state index contributed by atoms with van der Waals surface area (Å²) in [6.07, 6.45) is 1.02. The van der Waals surface area contributed by atoms with Gasteiger partial charge in [0.1, 0.15) is 0 Å². The van der Waals surface area contributed by atoms with E-state index in [0.29, 0.717) is 5.92 Å². The summed E-state index contributed by atoms with van der Waals surface area (Å²) in [5.74, 6) is 0.632. The van der Waals surface area contributed by atoms with Gasteiger partial charge < -0.3 is 5.32 Å². The topological polar surface area (TPSA) is 42.7 Å². The fourth-order valence-corrected chi connectivity index (χ4v) is 1.66. The van der Waals surface area contributed by atoms with E-state index in [1.807, 2.05) is 4.68 Å². The Hall–Kier alpha value is -0.900. The average Bonchev–Trinajstić information content (AvgIpc) is 2.48. The van der Waals surface area contributed by atoms with E-state index < -0.39 is 0 Å². The molecule has 13 heavy (non-hydrogen) atoms. The summed E-state index contributed by atoms with van der Waals surface area (Å²) in [6, 6.07) is 0. The van der Waals surface area contributed by atoms with Crippen LogP contribution in [0.1, 0.15) is 25.2 Å². The van der Waals surface area contributed by atoms with Gasteiger partial charge in [-0.25, -0.2) is 4.68 Å². The SMILES string of the molecule is CC(C)Cn1nnc2c1CNCC2. The van der Waals surface area contributed by atoms with Gasteiger partial charge in [0.15, 0.2) is 0 Å². The molecule has 4 nitrogen and oxygen atoms in total. The third-order valence-corrected chi connectivity index (χ3v) is 2.29. The molecule has 1 aliphatic heterocycles. The number of nitrogens with zero attached hydrogens (tertiary/aromatic N) is 3. The molecule has 1 aromatic rings. The van der Waals surface area contributed by atoms with Crippen molar-refractivity contribution in [1.82, 2.24) is 20.3 Å². The predicted molar refractivity (Wildman–Crippen MR) is 50.3 cm³/mol. The average molecular weight is 180 g/mol. The molecule has 0 unspecified atom stereocenters. The number of hydrogen-bond donors (Lipinski definition) is 1. The summed E-state index contributed by atoms with van der Waals surface area (Å²) >= 11 is 0. The maximum absolute atomic E-state index is 4.18. The van der Waals surface area contributed by atoms with E-state index in [4.69, 9.17) is 0 Å². The maximum Gasteiger partial charge on any atom is 0.0885 e. The Morgan fingerprint density at radius 3 is 3.15 bits per heavy atom. The zero-order chi connectivity index (χ0) is 9.26. The molecule has 2 heterocycles. The molecule has 72 valence electrons. The Bertz CT molecular complexity index is 290. The van der Waals surface area contributed by atoms with Gasteiger partial charge >= 0.3 is 0 Å². The molecule has 0 atom stereocenters. The van der Waals surface area contributed by atoms with Crippen molar-refractivity contribution in [1.29, 1.82) is 0 Å². The van der Waals surface area contributed by atoms with Crippen molar-refractivity contribution in [2.24, 2.45) is 5.92 Å². The van der Waals surface area contributed by atoms with Crippen molar-refractivity contribution >= 4 is 0 Å². The largest absolute Gasteiger partial charge is 0.311 e. The minimum atomic E-state index is 0.632. The Morgan fingerprint density at radius 1 is 1.54 bits per heavy atom. The highest BCUT2D eigenvalue weighted by molar-refractivity contribution is 5.13. The molecule has 2 rings (SSSR count). The summed E-state index contributed by atoms with van der Waals surface area (Å²) in [5, 5.41) is 11.7. The molecule has 0 spiro atoms. The van der Waals surface area contributed by atoms with Crippen molar-refractivity contribution < 1.29 is 0 Å². The van der Waals surface area contributed by atoms with Crippen molar-refractivity contribution in [2.45, 2.75) is 33.4 Å². The fourth-order valence-electron chi connectivity index (χ4n) is 1.66. The second-order valence-electron chi connectivity index (χ2n) is 3.99. The third-order valence-electron chi connectivity index (χ3n) is 2.29. The highest BCUT2D eigenvalue weighted by Crippen LogP contribution is 2.11. The monoisotopic (exact) mass is 180 g/mol. The van der Waals surface area contributed by atoms with Gasteiger partial charge in [0.25, 0.3) is 0 Å². The molecule has 1 aliphatic rings. The van der Waals surface area contributed by atoms with Crippen LogP contribution < -0.4 is 5.32 Å². The van der Waals surface area contributed by atoms with Gasteiger partial charge in [-0.3, -0.25) is 0 Å². The Labute approximate surface area is 78.3 Å². The second kappa shape index (κ2) is 3.46. The number of aromatic nitrogens is 3. The van der Waals surface area contributed by atoms with Crippen LogP contribution in [0, 0.1) is 5.92 Å². The lowest BCUT2D eigenvalue weighted by atomic mass is 10.1.